The first kappa shape index (κ1) is 22.1. The van der Waals surface area contributed by atoms with Crippen molar-refractivity contribution in [2.75, 3.05) is 0 Å². The van der Waals surface area contributed by atoms with Crippen LogP contribution in [-0.2, 0) is 25.7 Å². The minimum absolute atomic E-state index is 0.0762. The molecule has 0 fully saturated rings. The SMILES string of the molecule is Oc1cccc(CCc2ccc(O)c(Oc3ccc(CCc4ccc(O)c(O)c4)cc3)c2)c1. The van der Waals surface area contributed by atoms with Gasteiger partial charge in [-0.1, -0.05) is 36.4 Å². The Bertz CT molecular complexity index is 1230. The van der Waals surface area contributed by atoms with Gasteiger partial charge in [-0.05, 0) is 96.5 Å². The lowest BCUT2D eigenvalue weighted by Gasteiger charge is -2.11. The van der Waals surface area contributed by atoms with Crippen LogP contribution in [0.25, 0.3) is 0 Å². The van der Waals surface area contributed by atoms with Crippen LogP contribution in [-0.4, -0.2) is 20.4 Å². The summed E-state index contributed by atoms with van der Waals surface area (Å²) >= 11 is 0. The van der Waals surface area contributed by atoms with Crippen LogP contribution in [0.3, 0.4) is 0 Å². The molecule has 4 aromatic rings. The van der Waals surface area contributed by atoms with E-state index in [4.69, 9.17) is 4.74 Å². The first-order valence-electron chi connectivity index (χ1n) is 10.8. The Morgan fingerprint density at radius 1 is 0.485 bits per heavy atom. The van der Waals surface area contributed by atoms with Crippen LogP contribution in [0.2, 0.25) is 0 Å². The third kappa shape index (κ3) is 5.98. The fourth-order valence-electron chi connectivity index (χ4n) is 3.66. The number of phenolic OH excluding ortho intramolecular Hbond substituents is 4. The molecule has 0 amide bonds. The van der Waals surface area contributed by atoms with E-state index in [1.807, 2.05) is 48.5 Å². The van der Waals surface area contributed by atoms with Crippen LogP contribution in [0.4, 0.5) is 0 Å². The molecule has 0 aromatic heterocycles. The minimum Gasteiger partial charge on any atom is -0.508 e. The van der Waals surface area contributed by atoms with E-state index in [2.05, 4.69) is 0 Å². The fourth-order valence-corrected chi connectivity index (χ4v) is 3.66. The summed E-state index contributed by atoms with van der Waals surface area (Å²) in [5, 5.41) is 38.9. The van der Waals surface area contributed by atoms with Gasteiger partial charge < -0.3 is 25.2 Å². The van der Waals surface area contributed by atoms with Gasteiger partial charge in [-0.2, -0.15) is 0 Å². The molecule has 0 atom stereocenters. The summed E-state index contributed by atoms with van der Waals surface area (Å²) in [6, 6.07) is 25.1. The van der Waals surface area contributed by atoms with Gasteiger partial charge in [-0.15, -0.1) is 0 Å². The van der Waals surface area contributed by atoms with Crippen LogP contribution >= 0.6 is 0 Å². The molecule has 4 N–H and O–H groups in total. The van der Waals surface area contributed by atoms with E-state index in [0.717, 1.165) is 47.9 Å². The zero-order chi connectivity index (χ0) is 23.2. The number of ether oxygens (including phenoxy) is 1. The first-order valence-corrected chi connectivity index (χ1v) is 10.8. The Morgan fingerprint density at radius 2 is 1.06 bits per heavy atom. The van der Waals surface area contributed by atoms with Gasteiger partial charge in [0.15, 0.2) is 23.0 Å². The Balaban J connectivity index is 1.36. The second-order valence-corrected chi connectivity index (χ2v) is 8.04. The van der Waals surface area contributed by atoms with E-state index >= 15 is 0 Å². The van der Waals surface area contributed by atoms with Gasteiger partial charge in [0, 0.05) is 0 Å². The van der Waals surface area contributed by atoms with Crippen molar-refractivity contribution in [3.05, 3.63) is 107 Å². The molecular formula is C28H26O5. The second-order valence-electron chi connectivity index (χ2n) is 8.04. The van der Waals surface area contributed by atoms with E-state index in [-0.39, 0.29) is 23.0 Å². The molecule has 33 heavy (non-hydrogen) atoms. The lowest BCUT2D eigenvalue weighted by Crippen LogP contribution is -1.94. The van der Waals surface area contributed by atoms with Crippen molar-refractivity contribution in [2.24, 2.45) is 0 Å². The van der Waals surface area contributed by atoms with Gasteiger partial charge in [-0.25, -0.2) is 0 Å². The molecule has 5 nitrogen and oxygen atoms in total. The Morgan fingerprint density at radius 3 is 1.73 bits per heavy atom. The third-order valence-corrected chi connectivity index (χ3v) is 5.53. The molecule has 0 unspecified atom stereocenters. The molecule has 0 bridgehead atoms. The normalized spacial score (nSPS) is 10.8. The van der Waals surface area contributed by atoms with Crippen LogP contribution in [0.15, 0.2) is 84.9 Å². The van der Waals surface area contributed by atoms with Gasteiger partial charge in [0.25, 0.3) is 0 Å². The number of rotatable bonds is 8. The molecule has 0 saturated carbocycles. The number of hydrogen-bond acceptors (Lipinski definition) is 5. The monoisotopic (exact) mass is 442 g/mol. The van der Waals surface area contributed by atoms with Gasteiger partial charge in [0.1, 0.15) is 11.5 Å². The third-order valence-electron chi connectivity index (χ3n) is 5.53. The summed E-state index contributed by atoms with van der Waals surface area (Å²) in [4.78, 5) is 0. The average molecular weight is 443 g/mol. The van der Waals surface area contributed by atoms with E-state index in [9.17, 15) is 20.4 Å². The van der Waals surface area contributed by atoms with Crippen molar-refractivity contribution in [2.45, 2.75) is 25.7 Å². The van der Waals surface area contributed by atoms with Crippen LogP contribution in [0.1, 0.15) is 22.3 Å². The van der Waals surface area contributed by atoms with E-state index in [1.165, 1.54) is 6.07 Å². The molecule has 0 aliphatic heterocycles. The maximum atomic E-state index is 10.2. The second kappa shape index (κ2) is 10.0. The minimum atomic E-state index is -0.119. The van der Waals surface area contributed by atoms with E-state index < -0.39 is 0 Å². The van der Waals surface area contributed by atoms with Crippen LogP contribution in [0, 0.1) is 0 Å². The quantitative estimate of drug-likeness (QED) is 0.256. The number of hydrogen-bond donors (Lipinski definition) is 4. The van der Waals surface area contributed by atoms with Crippen molar-refractivity contribution in [3.8, 4) is 34.5 Å². The summed E-state index contributed by atoms with van der Waals surface area (Å²) < 4.78 is 5.92. The largest absolute Gasteiger partial charge is 0.508 e. The fraction of sp³-hybridized carbons (Fsp3) is 0.143. The highest BCUT2D eigenvalue weighted by molar-refractivity contribution is 5.45. The molecule has 0 aliphatic rings. The van der Waals surface area contributed by atoms with E-state index in [0.29, 0.717) is 11.5 Å². The van der Waals surface area contributed by atoms with Crippen LogP contribution < -0.4 is 4.74 Å². The van der Waals surface area contributed by atoms with Crippen molar-refractivity contribution in [1.82, 2.24) is 0 Å². The predicted octanol–water partition coefficient (Wildman–Crippen LogP) is 5.87. The van der Waals surface area contributed by atoms with Gasteiger partial charge in [0.2, 0.25) is 0 Å². The molecule has 0 radical (unpaired) electrons. The molecule has 0 spiro atoms. The summed E-state index contributed by atoms with van der Waals surface area (Å²) in [5.41, 5.74) is 4.13. The summed E-state index contributed by atoms with van der Waals surface area (Å²) in [6.45, 7) is 0. The van der Waals surface area contributed by atoms with Crippen LogP contribution in [0.5, 0.6) is 34.5 Å². The maximum Gasteiger partial charge on any atom is 0.169 e. The molecule has 0 aliphatic carbocycles. The lowest BCUT2D eigenvalue weighted by atomic mass is 10.0. The molecule has 4 aromatic carbocycles. The summed E-state index contributed by atoms with van der Waals surface area (Å²) in [5.74, 6) is 1.13. The lowest BCUT2D eigenvalue weighted by molar-refractivity contribution is 0.403. The van der Waals surface area contributed by atoms with Crippen molar-refractivity contribution < 1.29 is 25.2 Å². The zero-order valence-electron chi connectivity index (χ0n) is 18.1. The number of aromatic hydroxyl groups is 4. The molecular weight excluding hydrogens is 416 g/mol. The summed E-state index contributed by atoms with van der Waals surface area (Å²) in [7, 11) is 0. The van der Waals surface area contributed by atoms with Gasteiger partial charge in [0.05, 0.1) is 0 Å². The highest BCUT2D eigenvalue weighted by atomic mass is 16.5. The Hall–Kier alpha value is -4.12. The molecule has 4 rings (SSSR count). The highest BCUT2D eigenvalue weighted by Gasteiger charge is 2.07. The Kier molecular flexibility index (Phi) is 6.69. The maximum absolute atomic E-state index is 10.2. The standard InChI is InChI=1S/C28H26O5/c29-23-3-1-2-20(16-23)6-7-22-11-15-26(31)28(18-22)33-24-12-8-19(9-13-24)4-5-21-10-14-25(30)27(32)17-21/h1-3,8-18,29-32H,4-7H2. The number of phenols is 4. The molecule has 0 heterocycles. The molecule has 168 valence electrons. The smallest absolute Gasteiger partial charge is 0.169 e. The topological polar surface area (TPSA) is 90.2 Å². The van der Waals surface area contributed by atoms with Gasteiger partial charge >= 0.3 is 0 Å². The highest BCUT2D eigenvalue weighted by Crippen LogP contribution is 2.32. The number of aryl methyl sites for hydroxylation is 4. The Labute approximate surface area is 192 Å². The predicted molar refractivity (Wildman–Crippen MR) is 127 cm³/mol. The van der Waals surface area contributed by atoms with E-state index in [1.54, 1.807) is 30.3 Å². The summed E-state index contributed by atoms with van der Waals surface area (Å²) in [6.07, 6.45) is 3.04. The van der Waals surface area contributed by atoms with Crippen molar-refractivity contribution >= 4 is 0 Å². The van der Waals surface area contributed by atoms with Crippen molar-refractivity contribution in [3.63, 3.8) is 0 Å². The zero-order valence-corrected chi connectivity index (χ0v) is 18.1. The van der Waals surface area contributed by atoms with Gasteiger partial charge in [-0.3, -0.25) is 0 Å². The first-order chi connectivity index (χ1) is 16.0. The molecule has 0 saturated heterocycles. The van der Waals surface area contributed by atoms with Crippen molar-refractivity contribution in [1.29, 1.82) is 0 Å². The number of benzene rings is 4. The molecule has 5 heteroatoms. The average Bonchev–Trinajstić information content (AvgIpc) is 2.81.